The quantitative estimate of drug-likeness (QED) is 0.774. The van der Waals surface area contributed by atoms with Crippen molar-refractivity contribution in [3.8, 4) is 0 Å². The van der Waals surface area contributed by atoms with E-state index in [4.69, 9.17) is 11.6 Å². The molecular formula is C19H19ClFNO3S. The lowest BCUT2D eigenvalue weighted by atomic mass is 10.1. The first kappa shape index (κ1) is 18.9. The van der Waals surface area contributed by atoms with Crippen LogP contribution in [0.15, 0.2) is 48.5 Å². The van der Waals surface area contributed by atoms with E-state index in [1.54, 1.807) is 35.2 Å². The van der Waals surface area contributed by atoms with Crippen molar-refractivity contribution < 1.29 is 17.6 Å². The first-order valence-corrected chi connectivity index (χ1v) is 10.5. The van der Waals surface area contributed by atoms with Gasteiger partial charge in [0.15, 0.2) is 15.1 Å². The Morgan fingerprint density at radius 1 is 1.12 bits per heavy atom. The Morgan fingerprint density at radius 3 is 2.38 bits per heavy atom. The summed E-state index contributed by atoms with van der Waals surface area (Å²) in [5, 5.41) is -1.25. The van der Waals surface area contributed by atoms with Gasteiger partial charge in [0.2, 0.25) is 5.91 Å². The minimum atomic E-state index is -3.90. The summed E-state index contributed by atoms with van der Waals surface area (Å²) in [6.07, 6.45) is 1.74. The molecule has 1 aliphatic heterocycles. The van der Waals surface area contributed by atoms with Crippen molar-refractivity contribution in [3.05, 3.63) is 70.5 Å². The van der Waals surface area contributed by atoms with Crippen molar-refractivity contribution >= 4 is 27.3 Å². The molecule has 0 radical (unpaired) electrons. The molecule has 1 heterocycles. The average molecular weight is 396 g/mol. The van der Waals surface area contributed by atoms with Crippen LogP contribution in [0, 0.1) is 5.82 Å². The van der Waals surface area contributed by atoms with E-state index in [-0.39, 0.29) is 10.6 Å². The van der Waals surface area contributed by atoms with Gasteiger partial charge in [0.05, 0.1) is 5.75 Å². The number of carbonyl (C=O) groups excluding carboxylic acids is 1. The van der Waals surface area contributed by atoms with Crippen LogP contribution in [0.2, 0.25) is 5.02 Å². The Labute approximate surface area is 157 Å². The maximum absolute atomic E-state index is 13.2. The number of amides is 1. The first-order chi connectivity index (χ1) is 12.4. The highest BCUT2D eigenvalue weighted by Crippen LogP contribution is 2.31. The Balaban J connectivity index is 1.98. The van der Waals surface area contributed by atoms with E-state index in [1.165, 1.54) is 6.07 Å². The molecule has 0 aliphatic carbocycles. The lowest BCUT2D eigenvalue weighted by molar-refractivity contribution is -0.129. The molecule has 1 atom stereocenters. The molecule has 138 valence electrons. The van der Waals surface area contributed by atoms with Crippen LogP contribution < -0.4 is 0 Å². The minimum Gasteiger partial charge on any atom is -0.341 e. The molecular weight excluding hydrogens is 377 g/mol. The largest absolute Gasteiger partial charge is 0.341 e. The van der Waals surface area contributed by atoms with Crippen molar-refractivity contribution in [2.45, 2.75) is 23.8 Å². The van der Waals surface area contributed by atoms with E-state index in [0.717, 1.165) is 25.0 Å². The molecule has 0 bridgehead atoms. The number of hydrogen-bond donors (Lipinski definition) is 0. The van der Waals surface area contributed by atoms with E-state index in [9.17, 15) is 17.6 Å². The zero-order chi connectivity index (χ0) is 18.7. The summed E-state index contributed by atoms with van der Waals surface area (Å²) in [4.78, 5) is 14.6. The van der Waals surface area contributed by atoms with Gasteiger partial charge in [0.25, 0.3) is 0 Å². The highest BCUT2D eigenvalue weighted by atomic mass is 35.5. The molecule has 4 nitrogen and oxygen atoms in total. The van der Waals surface area contributed by atoms with Crippen molar-refractivity contribution in [2.75, 3.05) is 13.1 Å². The van der Waals surface area contributed by atoms with Crippen LogP contribution in [-0.2, 0) is 20.4 Å². The molecule has 0 N–H and O–H groups in total. The molecule has 7 heteroatoms. The fourth-order valence-corrected chi connectivity index (χ4v) is 5.37. The van der Waals surface area contributed by atoms with Crippen molar-refractivity contribution in [3.63, 3.8) is 0 Å². The van der Waals surface area contributed by atoms with Gasteiger partial charge in [-0.3, -0.25) is 4.79 Å². The standard InChI is InChI=1S/C19H19ClFNO3S/c20-17-12-16(21)9-8-15(17)13-26(24,25)18(14-6-2-1-3-7-14)19(23)22-10-4-5-11-22/h1-3,6-9,12,18H,4-5,10-11,13H2. The molecule has 1 fully saturated rings. The number of likely N-dealkylation sites (tertiary alicyclic amines) is 1. The number of nitrogens with zero attached hydrogens (tertiary/aromatic N) is 1. The fourth-order valence-electron chi connectivity index (χ4n) is 3.17. The molecule has 0 saturated carbocycles. The summed E-state index contributed by atoms with van der Waals surface area (Å²) in [5.74, 6) is -1.37. The van der Waals surface area contributed by atoms with Gasteiger partial charge >= 0.3 is 0 Å². The third kappa shape index (κ3) is 4.07. The second-order valence-electron chi connectivity index (χ2n) is 6.37. The number of hydrogen-bond acceptors (Lipinski definition) is 3. The Hall–Kier alpha value is -1.92. The lowest BCUT2D eigenvalue weighted by Crippen LogP contribution is -2.36. The van der Waals surface area contributed by atoms with E-state index in [2.05, 4.69) is 0 Å². The van der Waals surface area contributed by atoms with Crippen LogP contribution in [0.3, 0.4) is 0 Å². The summed E-state index contributed by atoms with van der Waals surface area (Å²) in [5.41, 5.74) is 0.714. The van der Waals surface area contributed by atoms with Crippen LogP contribution >= 0.6 is 11.6 Å². The van der Waals surface area contributed by atoms with Gasteiger partial charge in [-0.05, 0) is 36.1 Å². The smallest absolute Gasteiger partial charge is 0.245 e. The summed E-state index contributed by atoms with van der Waals surface area (Å²) >= 11 is 5.99. The van der Waals surface area contributed by atoms with E-state index >= 15 is 0 Å². The zero-order valence-electron chi connectivity index (χ0n) is 14.1. The predicted octanol–water partition coefficient (Wildman–Crippen LogP) is 3.76. The second-order valence-corrected chi connectivity index (χ2v) is 8.86. The van der Waals surface area contributed by atoms with Gasteiger partial charge in [-0.1, -0.05) is 48.0 Å². The molecule has 26 heavy (non-hydrogen) atoms. The molecule has 1 unspecified atom stereocenters. The van der Waals surface area contributed by atoms with Crippen LogP contribution in [0.4, 0.5) is 4.39 Å². The Kier molecular flexibility index (Phi) is 5.63. The number of halogens is 2. The summed E-state index contributed by atoms with van der Waals surface area (Å²) in [6, 6.07) is 12.1. The fraction of sp³-hybridized carbons (Fsp3) is 0.316. The van der Waals surface area contributed by atoms with Gasteiger partial charge in [0, 0.05) is 18.1 Å². The van der Waals surface area contributed by atoms with Crippen molar-refractivity contribution in [1.82, 2.24) is 4.90 Å². The monoisotopic (exact) mass is 395 g/mol. The number of benzene rings is 2. The molecule has 2 aromatic rings. The molecule has 1 aliphatic rings. The molecule has 0 aromatic heterocycles. The van der Waals surface area contributed by atoms with E-state index in [0.29, 0.717) is 18.7 Å². The van der Waals surface area contributed by atoms with Gasteiger partial charge in [-0.25, -0.2) is 12.8 Å². The molecule has 0 spiro atoms. The van der Waals surface area contributed by atoms with Crippen LogP contribution in [0.25, 0.3) is 0 Å². The molecule has 1 amide bonds. The second kappa shape index (κ2) is 7.76. The lowest BCUT2D eigenvalue weighted by Gasteiger charge is -2.24. The minimum absolute atomic E-state index is 0.0361. The molecule has 3 rings (SSSR count). The third-order valence-corrected chi connectivity index (χ3v) is 6.73. The van der Waals surface area contributed by atoms with Gasteiger partial charge in [0.1, 0.15) is 5.82 Å². The highest BCUT2D eigenvalue weighted by Gasteiger charge is 2.38. The number of carbonyl (C=O) groups is 1. The summed E-state index contributed by atoms with van der Waals surface area (Å²) < 4.78 is 39.5. The maximum atomic E-state index is 13.2. The first-order valence-electron chi connectivity index (χ1n) is 8.38. The molecule has 1 saturated heterocycles. The highest BCUT2D eigenvalue weighted by molar-refractivity contribution is 7.91. The topological polar surface area (TPSA) is 54.5 Å². The van der Waals surface area contributed by atoms with E-state index < -0.39 is 32.6 Å². The Morgan fingerprint density at radius 2 is 1.77 bits per heavy atom. The number of sulfone groups is 1. The predicted molar refractivity (Wildman–Crippen MR) is 99.0 cm³/mol. The van der Waals surface area contributed by atoms with Crippen LogP contribution in [0.1, 0.15) is 29.2 Å². The molecule has 2 aromatic carbocycles. The Bertz CT molecular complexity index is 896. The van der Waals surface area contributed by atoms with Crippen LogP contribution in [0.5, 0.6) is 0 Å². The number of rotatable bonds is 5. The van der Waals surface area contributed by atoms with E-state index in [1.807, 2.05) is 0 Å². The zero-order valence-corrected chi connectivity index (χ0v) is 15.6. The van der Waals surface area contributed by atoms with Gasteiger partial charge in [-0.15, -0.1) is 0 Å². The van der Waals surface area contributed by atoms with Gasteiger partial charge < -0.3 is 4.90 Å². The summed E-state index contributed by atoms with van der Waals surface area (Å²) in [6.45, 7) is 1.13. The third-order valence-electron chi connectivity index (χ3n) is 4.48. The van der Waals surface area contributed by atoms with Crippen molar-refractivity contribution in [2.24, 2.45) is 0 Å². The van der Waals surface area contributed by atoms with Gasteiger partial charge in [-0.2, -0.15) is 0 Å². The van der Waals surface area contributed by atoms with Crippen LogP contribution in [-0.4, -0.2) is 32.3 Å². The normalized spacial score (nSPS) is 15.8. The SMILES string of the molecule is O=C(C(c1ccccc1)S(=O)(=O)Cc1ccc(F)cc1Cl)N1CCCC1. The maximum Gasteiger partial charge on any atom is 0.245 e. The summed E-state index contributed by atoms with van der Waals surface area (Å²) in [7, 11) is -3.90. The average Bonchev–Trinajstić information content (AvgIpc) is 3.13. The van der Waals surface area contributed by atoms with Crippen molar-refractivity contribution in [1.29, 1.82) is 0 Å².